The molecule has 0 spiro atoms. The molecule has 0 N–H and O–H groups in total. The first kappa shape index (κ1) is 8.75. The molecular weight excluding hydrogens is 162 g/mol. The molecule has 0 aromatic heterocycles. The molecule has 0 aliphatic carbocycles. The summed E-state index contributed by atoms with van der Waals surface area (Å²) in [7, 11) is 2.04. The minimum absolute atomic E-state index is 0.740. The van der Waals surface area contributed by atoms with E-state index in [9.17, 15) is 4.79 Å². The van der Waals surface area contributed by atoms with E-state index in [1.807, 2.05) is 7.05 Å². The minimum atomic E-state index is 0.740. The molecular formula is C8H12ClNO. The van der Waals surface area contributed by atoms with Crippen molar-refractivity contribution in [3.05, 3.63) is 10.6 Å². The van der Waals surface area contributed by atoms with E-state index in [1.54, 1.807) is 0 Å². The molecule has 11 heavy (non-hydrogen) atoms. The highest BCUT2D eigenvalue weighted by Crippen LogP contribution is 2.19. The van der Waals surface area contributed by atoms with Crippen LogP contribution in [0, 0.1) is 0 Å². The molecule has 0 saturated carbocycles. The van der Waals surface area contributed by atoms with Gasteiger partial charge in [-0.25, -0.2) is 0 Å². The summed E-state index contributed by atoms with van der Waals surface area (Å²) < 4.78 is 0. The maximum Gasteiger partial charge on any atom is 0.147 e. The zero-order valence-electron chi connectivity index (χ0n) is 6.64. The SMILES string of the molecule is CN1CCC(Cl)=C(C=O)CC1. The van der Waals surface area contributed by atoms with Crippen LogP contribution in [-0.4, -0.2) is 31.3 Å². The van der Waals surface area contributed by atoms with Crippen LogP contribution in [0.4, 0.5) is 0 Å². The van der Waals surface area contributed by atoms with Crippen LogP contribution in [-0.2, 0) is 4.79 Å². The van der Waals surface area contributed by atoms with Crippen molar-refractivity contribution in [1.82, 2.24) is 4.90 Å². The van der Waals surface area contributed by atoms with Crippen molar-refractivity contribution in [3.63, 3.8) is 0 Å². The zero-order chi connectivity index (χ0) is 8.27. The van der Waals surface area contributed by atoms with Crippen molar-refractivity contribution in [2.45, 2.75) is 12.8 Å². The van der Waals surface area contributed by atoms with E-state index in [2.05, 4.69) is 4.90 Å². The normalized spacial score (nSPS) is 21.6. The highest BCUT2D eigenvalue weighted by molar-refractivity contribution is 6.31. The molecule has 1 heterocycles. The summed E-state index contributed by atoms with van der Waals surface area (Å²) in [6, 6.07) is 0. The topological polar surface area (TPSA) is 20.3 Å². The fourth-order valence-electron chi connectivity index (χ4n) is 1.13. The van der Waals surface area contributed by atoms with Gasteiger partial charge in [-0.05, 0) is 19.9 Å². The molecule has 0 aromatic carbocycles. The number of carbonyl (C=O) groups is 1. The van der Waals surface area contributed by atoms with Crippen molar-refractivity contribution < 1.29 is 4.79 Å². The molecule has 0 atom stereocenters. The maximum atomic E-state index is 10.5. The van der Waals surface area contributed by atoms with Crippen LogP contribution in [0.3, 0.4) is 0 Å². The Hall–Kier alpha value is -0.340. The van der Waals surface area contributed by atoms with E-state index in [-0.39, 0.29) is 0 Å². The predicted octanol–water partition coefficient (Wildman–Crippen LogP) is 1.40. The smallest absolute Gasteiger partial charge is 0.147 e. The Labute approximate surface area is 71.8 Å². The summed E-state index contributed by atoms with van der Waals surface area (Å²) in [6.07, 6.45) is 2.48. The summed E-state index contributed by atoms with van der Waals surface area (Å²) in [6.45, 7) is 1.89. The lowest BCUT2D eigenvalue weighted by Gasteiger charge is -2.11. The summed E-state index contributed by atoms with van der Waals surface area (Å²) >= 11 is 5.87. The van der Waals surface area contributed by atoms with E-state index in [0.29, 0.717) is 0 Å². The lowest BCUT2D eigenvalue weighted by molar-refractivity contribution is -0.105. The number of hydrogen-bond donors (Lipinski definition) is 0. The van der Waals surface area contributed by atoms with Crippen molar-refractivity contribution in [1.29, 1.82) is 0 Å². The van der Waals surface area contributed by atoms with Gasteiger partial charge in [0.1, 0.15) is 6.29 Å². The average molecular weight is 174 g/mol. The molecule has 2 nitrogen and oxygen atoms in total. The second kappa shape index (κ2) is 3.88. The Morgan fingerprint density at radius 3 is 2.73 bits per heavy atom. The zero-order valence-corrected chi connectivity index (χ0v) is 7.40. The second-order valence-corrected chi connectivity index (χ2v) is 3.31. The van der Waals surface area contributed by atoms with Gasteiger partial charge in [0.2, 0.25) is 0 Å². The van der Waals surface area contributed by atoms with E-state index in [1.165, 1.54) is 0 Å². The van der Waals surface area contributed by atoms with E-state index >= 15 is 0 Å². The molecule has 0 amide bonds. The first-order valence-electron chi connectivity index (χ1n) is 3.75. The Bertz CT molecular complexity index is 189. The third-order valence-electron chi connectivity index (χ3n) is 1.97. The third kappa shape index (κ3) is 2.31. The van der Waals surface area contributed by atoms with Crippen LogP contribution in [0.5, 0.6) is 0 Å². The van der Waals surface area contributed by atoms with Gasteiger partial charge in [0.15, 0.2) is 0 Å². The molecule has 1 rings (SSSR count). The van der Waals surface area contributed by atoms with Gasteiger partial charge in [-0.15, -0.1) is 0 Å². The minimum Gasteiger partial charge on any atom is -0.306 e. The Kier molecular flexibility index (Phi) is 3.09. The van der Waals surface area contributed by atoms with Crippen molar-refractivity contribution >= 4 is 17.9 Å². The number of hydrogen-bond acceptors (Lipinski definition) is 2. The summed E-state index contributed by atoms with van der Waals surface area (Å²) in [5.41, 5.74) is 0.774. The molecule has 0 aromatic rings. The predicted molar refractivity (Wildman–Crippen MR) is 45.7 cm³/mol. The number of aldehydes is 1. The van der Waals surface area contributed by atoms with E-state index in [4.69, 9.17) is 11.6 Å². The third-order valence-corrected chi connectivity index (χ3v) is 2.40. The molecule has 0 saturated heterocycles. The largest absolute Gasteiger partial charge is 0.306 e. The highest BCUT2D eigenvalue weighted by atomic mass is 35.5. The van der Waals surface area contributed by atoms with Crippen LogP contribution < -0.4 is 0 Å². The first-order valence-corrected chi connectivity index (χ1v) is 4.13. The van der Waals surface area contributed by atoms with Crippen molar-refractivity contribution in [2.75, 3.05) is 20.1 Å². The molecule has 1 aliphatic heterocycles. The van der Waals surface area contributed by atoms with Crippen LogP contribution in [0.1, 0.15) is 12.8 Å². The summed E-state index contributed by atoms with van der Waals surface area (Å²) in [5, 5.41) is 0.740. The van der Waals surface area contributed by atoms with Gasteiger partial charge in [0.25, 0.3) is 0 Å². The molecule has 1 aliphatic rings. The van der Waals surface area contributed by atoms with Gasteiger partial charge in [0, 0.05) is 23.7 Å². The van der Waals surface area contributed by atoms with Crippen molar-refractivity contribution in [3.8, 4) is 0 Å². The summed E-state index contributed by atoms with van der Waals surface area (Å²) in [5.74, 6) is 0. The number of halogens is 1. The van der Waals surface area contributed by atoms with Gasteiger partial charge in [0.05, 0.1) is 0 Å². The van der Waals surface area contributed by atoms with E-state index in [0.717, 1.165) is 42.8 Å². The quantitative estimate of drug-likeness (QED) is 0.559. The molecule has 0 radical (unpaired) electrons. The van der Waals surface area contributed by atoms with E-state index < -0.39 is 0 Å². The van der Waals surface area contributed by atoms with Gasteiger partial charge in [-0.2, -0.15) is 0 Å². The van der Waals surface area contributed by atoms with Crippen LogP contribution >= 0.6 is 11.6 Å². The van der Waals surface area contributed by atoms with Gasteiger partial charge >= 0.3 is 0 Å². The lowest BCUT2D eigenvalue weighted by Crippen LogP contribution is -2.19. The average Bonchev–Trinajstić information content (AvgIpc) is 2.15. The highest BCUT2D eigenvalue weighted by Gasteiger charge is 2.11. The lowest BCUT2D eigenvalue weighted by atomic mass is 10.2. The van der Waals surface area contributed by atoms with Crippen LogP contribution in [0.25, 0.3) is 0 Å². The first-order chi connectivity index (χ1) is 5.24. The second-order valence-electron chi connectivity index (χ2n) is 2.85. The molecule has 0 bridgehead atoms. The van der Waals surface area contributed by atoms with Gasteiger partial charge in [-0.3, -0.25) is 4.79 Å². The molecule has 0 unspecified atom stereocenters. The standard InChI is InChI=1S/C8H12ClNO/c1-10-4-2-7(6-11)8(9)3-5-10/h6H,2-5H2,1H3. The Balaban J connectivity index is 2.66. The Morgan fingerprint density at radius 2 is 2.09 bits per heavy atom. The number of nitrogens with zero attached hydrogens (tertiary/aromatic N) is 1. The van der Waals surface area contributed by atoms with Crippen molar-refractivity contribution in [2.24, 2.45) is 0 Å². The molecule has 3 heteroatoms. The maximum absolute atomic E-state index is 10.5. The Morgan fingerprint density at radius 1 is 1.45 bits per heavy atom. The molecule has 62 valence electrons. The fourth-order valence-corrected chi connectivity index (χ4v) is 1.35. The molecule has 0 fully saturated rings. The fraction of sp³-hybridized carbons (Fsp3) is 0.625. The van der Waals surface area contributed by atoms with Gasteiger partial charge < -0.3 is 4.90 Å². The van der Waals surface area contributed by atoms with Crippen LogP contribution in [0.15, 0.2) is 10.6 Å². The van der Waals surface area contributed by atoms with Gasteiger partial charge in [-0.1, -0.05) is 11.6 Å². The number of rotatable bonds is 1. The summed E-state index contributed by atoms with van der Waals surface area (Å²) in [4.78, 5) is 12.6. The van der Waals surface area contributed by atoms with Crippen LogP contribution in [0.2, 0.25) is 0 Å². The number of carbonyl (C=O) groups excluding carboxylic acids is 1. The monoisotopic (exact) mass is 173 g/mol.